The molecule has 468 valence electrons. The maximum Gasteiger partial charge on any atom is 0.410 e. The van der Waals surface area contributed by atoms with Crippen LogP contribution in [0.1, 0.15) is 314 Å². The topological polar surface area (TPSA) is 195 Å². The van der Waals surface area contributed by atoms with Crippen molar-refractivity contribution in [2.75, 3.05) is 39.6 Å². The molecule has 0 saturated carbocycles. The van der Waals surface area contributed by atoms with Gasteiger partial charge in [0.1, 0.15) is 12.4 Å². The molecule has 0 aromatic heterocycles. The van der Waals surface area contributed by atoms with Crippen molar-refractivity contribution >= 4 is 41.7 Å². The van der Waals surface area contributed by atoms with Crippen molar-refractivity contribution in [2.45, 2.75) is 320 Å². The molecule has 1 fully saturated rings. The number of carbonyl (C=O) groups excluding carboxylic acids is 7. The number of nitrogens with zero attached hydrogens (tertiary/aromatic N) is 1. The van der Waals surface area contributed by atoms with Gasteiger partial charge >= 0.3 is 30.0 Å². The predicted molar refractivity (Wildman–Crippen MR) is 325 cm³/mol. The minimum Gasteiger partial charge on any atom is -0.465 e. The maximum atomic E-state index is 12.7. The summed E-state index contributed by atoms with van der Waals surface area (Å²) in [4.78, 5) is 84.6. The van der Waals surface area contributed by atoms with Gasteiger partial charge in [-0.05, 0) is 64.2 Å². The fourth-order valence-corrected chi connectivity index (χ4v) is 8.55. The van der Waals surface area contributed by atoms with Crippen molar-refractivity contribution in [3.8, 4) is 0 Å². The lowest BCUT2D eigenvalue weighted by atomic mass is 9.92. The van der Waals surface area contributed by atoms with E-state index in [9.17, 15) is 33.6 Å². The molecule has 3 atom stereocenters. The van der Waals surface area contributed by atoms with E-state index in [1.54, 1.807) is 11.8 Å². The van der Waals surface area contributed by atoms with Crippen molar-refractivity contribution < 1.29 is 57.2 Å². The second-order valence-corrected chi connectivity index (χ2v) is 21.7. The number of Topliss-reactive ketones (excluding diaryl/α,β-unsaturated/α-hetero) is 1. The molecule has 3 unspecified atom stereocenters. The largest absolute Gasteiger partial charge is 0.465 e. The van der Waals surface area contributed by atoms with E-state index in [0.29, 0.717) is 57.1 Å². The molecule has 2 amide bonds. The molecule has 0 aliphatic carbocycles. The Labute approximate surface area is 485 Å². The van der Waals surface area contributed by atoms with Crippen molar-refractivity contribution in [1.82, 2.24) is 4.90 Å². The molecule has 0 bridgehead atoms. The number of hydrogen-bond donors (Lipinski definition) is 1. The summed E-state index contributed by atoms with van der Waals surface area (Å²) in [6.07, 6.45) is 34.8. The van der Waals surface area contributed by atoms with Gasteiger partial charge in [-0.3, -0.25) is 24.0 Å². The molecule has 1 aliphatic rings. The number of unbranched alkanes of at least 4 members (excludes halogenated alkanes) is 20. The molecule has 1 saturated heterocycles. The fourth-order valence-electron chi connectivity index (χ4n) is 8.55. The van der Waals surface area contributed by atoms with Crippen molar-refractivity contribution in [2.24, 2.45) is 23.5 Å². The van der Waals surface area contributed by atoms with Gasteiger partial charge in [-0.25, -0.2) is 4.79 Å². The first kappa shape index (κ1) is 81.8. The summed E-state index contributed by atoms with van der Waals surface area (Å²) in [5.41, 5.74) is 5.28. The lowest BCUT2D eigenvalue weighted by Crippen LogP contribution is -2.39. The van der Waals surface area contributed by atoms with Crippen LogP contribution in [0.5, 0.6) is 0 Å². The van der Waals surface area contributed by atoms with E-state index in [1.807, 2.05) is 20.8 Å². The Morgan fingerprint density at radius 2 is 0.861 bits per heavy atom. The second-order valence-electron chi connectivity index (χ2n) is 21.7. The first-order valence-corrected chi connectivity index (χ1v) is 32.4. The van der Waals surface area contributed by atoms with Gasteiger partial charge in [0.2, 0.25) is 5.91 Å². The maximum absolute atomic E-state index is 12.7. The van der Waals surface area contributed by atoms with Gasteiger partial charge in [0.15, 0.2) is 0 Å². The van der Waals surface area contributed by atoms with E-state index < -0.39 is 11.9 Å². The average Bonchev–Trinajstić information content (AvgIpc) is 3.91. The highest BCUT2D eigenvalue weighted by molar-refractivity contribution is 5.75. The third-order valence-corrected chi connectivity index (χ3v) is 13.4. The number of hydrogen-bond acceptors (Lipinski definition) is 12. The Bertz CT molecular complexity index is 1400. The van der Waals surface area contributed by atoms with Gasteiger partial charge in [-0.15, -0.1) is 0 Å². The summed E-state index contributed by atoms with van der Waals surface area (Å²) in [6.45, 7) is 26.2. The van der Waals surface area contributed by atoms with Crippen molar-refractivity contribution in [3.05, 3.63) is 0 Å². The van der Waals surface area contributed by atoms with E-state index in [4.69, 9.17) is 29.4 Å². The molecule has 1 rings (SSSR count). The SMILES string of the molecule is CC.CCC.CCCCCCCCC(=O)OCC(CC(N)=O)CC(C)CC.CCCCCCCCC(=O)OCC(COC(=O)CCCCCCCC)CC(=O)OCC1CCCN1C(=O)OCCC.CCCCCCCCC(C)=O. The summed E-state index contributed by atoms with van der Waals surface area (Å²) in [7, 11) is 0. The first-order valence-electron chi connectivity index (χ1n) is 32.4. The van der Waals surface area contributed by atoms with Crippen LogP contribution >= 0.6 is 0 Å². The number of nitrogens with two attached hydrogens (primary N) is 1. The number of likely N-dealkylation sites (tertiary alicyclic amines) is 1. The summed E-state index contributed by atoms with van der Waals surface area (Å²) in [6, 6.07) is -0.216. The number of amides is 2. The highest BCUT2D eigenvalue weighted by atomic mass is 16.6. The molecule has 0 aromatic rings. The fraction of sp³-hybridized carbons (Fsp3) is 0.892. The van der Waals surface area contributed by atoms with Gasteiger partial charge < -0.3 is 39.1 Å². The molecule has 1 aliphatic heterocycles. The Morgan fingerprint density at radius 1 is 0.481 bits per heavy atom. The molecule has 14 nitrogen and oxygen atoms in total. The Hall–Kier alpha value is -3.71. The number of rotatable bonds is 45. The van der Waals surface area contributed by atoms with Crippen LogP contribution in [0, 0.1) is 17.8 Å². The smallest absolute Gasteiger partial charge is 0.410 e. The monoisotopic (exact) mass is 1130 g/mol. The molecule has 79 heavy (non-hydrogen) atoms. The lowest BCUT2D eigenvalue weighted by molar-refractivity contribution is -0.155. The van der Waals surface area contributed by atoms with Gasteiger partial charge in [-0.1, -0.05) is 217 Å². The normalized spacial score (nSPS) is 13.1. The van der Waals surface area contributed by atoms with Crippen LogP contribution in [0.2, 0.25) is 0 Å². The zero-order valence-electron chi connectivity index (χ0n) is 53.4. The molecule has 0 aromatic carbocycles. The Kier molecular flexibility index (Phi) is 65.7. The molecular formula is C65H126N2O12. The lowest BCUT2D eigenvalue weighted by Gasteiger charge is -2.24. The highest BCUT2D eigenvalue weighted by Gasteiger charge is 2.31. The number of esters is 4. The van der Waals surface area contributed by atoms with Crippen molar-refractivity contribution in [1.29, 1.82) is 0 Å². The highest BCUT2D eigenvalue weighted by Crippen LogP contribution is 2.21. The van der Waals surface area contributed by atoms with Crippen LogP contribution in [0.4, 0.5) is 4.79 Å². The van der Waals surface area contributed by atoms with E-state index in [2.05, 4.69) is 55.4 Å². The summed E-state index contributed by atoms with van der Waals surface area (Å²) >= 11 is 0. The number of primary amides is 1. The number of carbonyl (C=O) groups is 7. The summed E-state index contributed by atoms with van der Waals surface area (Å²) in [5.74, 6) is -1.12. The third-order valence-electron chi connectivity index (χ3n) is 13.4. The Morgan fingerprint density at radius 3 is 1.23 bits per heavy atom. The minimum atomic E-state index is -0.487. The number of ether oxygens (including phenoxy) is 5. The van der Waals surface area contributed by atoms with Gasteiger partial charge in [0.25, 0.3) is 0 Å². The van der Waals surface area contributed by atoms with E-state index >= 15 is 0 Å². The van der Waals surface area contributed by atoms with Gasteiger partial charge in [0.05, 0.1) is 38.9 Å². The van der Waals surface area contributed by atoms with Crippen LogP contribution < -0.4 is 5.73 Å². The molecular weight excluding hydrogens is 1000 g/mol. The van der Waals surface area contributed by atoms with Crippen LogP contribution in [0.3, 0.4) is 0 Å². The average molecular weight is 1130 g/mol. The van der Waals surface area contributed by atoms with E-state index in [0.717, 1.165) is 96.3 Å². The van der Waals surface area contributed by atoms with Crippen LogP contribution in [0.15, 0.2) is 0 Å². The minimum absolute atomic E-state index is 0.00698. The van der Waals surface area contributed by atoms with Crippen molar-refractivity contribution in [3.63, 3.8) is 0 Å². The molecule has 2 N–H and O–H groups in total. The molecule has 14 heteroatoms. The predicted octanol–water partition coefficient (Wildman–Crippen LogP) is 17.1. The number of ketones is 1. The zero-order valence-corrected chi connectivity index (χ0v) is 53.4. The Balaban J connectivity index is -0.000000613. The van der Waals surface area contributed by atoms with E-state index in [1.165, 1.54) is 103 Å². The van der Waals surface area contributed by atoms with E-state index in [-0.39, 0.29) is 68.1 Å². The second kappa shape index (κ2) is 63.5. The molecule has 0 spiro atoms. The third kappa shape index (κ3) is 60.2. The quantitative estimate of drug-likeness (QED) is 0.0345. The molecule has 1 heterocycles. The van der Waals surface area contributed by atoms with Gasteiger partial charge in [0, 0.05) is 50.5 Å². The molecule has 0 radical (unpaired) electrons. The van der Waals surface area contributed by atoms with Gasteiger partial charge in [-0.2, -0.15) is 0 Å². The van der Waals surface area contributed by atoms with Crippen LogP contribution in [0.25, 0.3) is 0 Å². The summed E-state index contributed by atoms with van der Waals surface area (Å²) in [5, 5.41) is 0. The summed E-state index contributed by atoms with van der Waals surface area (Å²) < 4.78 is 27.0. The van der Waals surface area contributed by atoms with Crippen LogP contribution in [-0.2, 0) is 52.5 Å². The van der Waals surface area contributed by atoms with Crippen LogP contribution in [-0.4, -0.2) is 92.2 Å². The zero-order chi connectivity index (χ0) is 60.2. The standard InChI is InChI=1S/C32H57NO8.C18H35NO3.C10H20O.C3H8.C2H6/c1-4-7-9-11-13-15-19-29(34)39-24-27(25-40-30(35)20-16-14-12-10-8-5-2)23-31(36)41-26-28-18-17-21-33(28)32(37)38-22-6-3;1-4-6-7-8-9-10-11-18(21)22-14-16(13-17(19)20)12-15(3)5-2;1-3-4-5-6-7-8-9-10(2)11;1-3-2;1-2/h27-28H,4-26H2,1-3H3;15-16H,4-14H2,1-3H3,(H2,19,20);3-9H2,1-2H3;3H2,1-2H3;1-2H3. The first-order chi connectivity index (χ1) is 38.1.